The summed E-state index contributed by atoms with van der Waals surface area (Å²) in [5.74, 6) is -2.94. The molecule has 7 rings (SSSR count). The predicted molar refractivity (Wildman–Crippen MR) is 151 cm³/mol. The van der Waals surface area contributed by atoms with Crippen molar-refractivity contribution in [3.8, 4) is 0 Å². The molecule has 7 bridgehead atoms. The van der Waals surface area contributed by atoms with Crippen molar-refractivity contribution in [2.24, 2.45) is 34.5 Å². The molecule has 15 atom stereocenters. The van der Waals surface area contributed by atoms with E-state index in [-0.39, 0.29) is 25.0 Å². The van der Waals surface area contributed by atoms with Crippen LogP contribution in [0.15, 0.2) is 30.3 Å². The lowest BCUT2D eigenvalue weighted by Crippen LogP contribution is -2.81. The number of carbonyl (C=O) groups is 1. The van der Waals surface area contributed by atoms with Crippen molar-refractivity contribution in [2.75, 3.05) is 48.1 Å². The third-order valence-electron chi connectivity index (χ3n) is 12.9. The van der Waals surface area contributed by atoms with Gasteiger partial charge < -0.3 is 44.1 Å². The van der Waals surface area contributed by atoms with Gasteiger partial charge in [-0.3, -0.25) is 4.90 Å². The molecule has 1 aliphatic heterocycles. The fourth-order valence-corrected chi connectivity index (χ4v) is 11.9. The van der Waals surface area contributed by atoms with Gasteiger partial charge in [0, 0.05) is 76.0 Å². The molecule has 0 amide bonds. The fourth-order valence-electron chi connectivity index (χ4n) is 11.9. The molecule has 4 N–H and O–H groups in total. The molecule has 1 aromatic carbocycles. The molecule has 0 radical (unpaired) electrons. The smallest absolute Gasteiger partial charge is 0.338 e. The Labute approximate surface area is 252 Å². The first-order valence-corrected chi connectivity index (χ1v) is 15.5. The van der Waals surface area contributed by atoms with Gasteiger partial charge in [-0.15, -0.1) is 0 Å². The van der Waals surface area contributed by atoms with E-state index in [0.29, 0.717) is 25.1 Å². The first-order chi connectivity index (χ1) is 20.6. The standard InChI is InChI=1S/C32H45NO10/c1-6-33-14-29(15-39-2)18(34)12-19(40-3)31-17-13-30(37)26(43-28(36)16-10-8-7-9-11-16)20(17)32(38,25(35)27(30)42-5)21(24(31)33)22(41-4)23(29)31/h7-11,17-27,34-35,37-38H,6,12-15H2,1-5H3/t17-,18-,19+,20-,21+,22+,23-,24+,25+,26-,27+,29+,30-,31-,32-/m1/s1. The lowest BCUT2D eigenvalue weighted by atomic mass is 9.42. The second-order valence-corrected chi connectivity index (χ2v) is 13.9. The second kappa shape index (κ2) is 9.91. The van der Waals surface area contributed by atoms with Gasteiger partial charge in [0.1, 0.15) is 29.5 Å². The molecular weight excluding hydrogens is 558 g/mol. The molecule has 5 aliphatic carbocycles. The zero-order chi connectivity index (χ0) is 30.7. The Morgan fingerprint density at radius 3 is 2.33 bits per heavy atom. The Bertz CT molecular complexity index is 1250. The number of aliphatic hydroxyl groups is 4. The molecule has 11 nitrogen and oxygen atoms in total. The highest BCUT2D eigenvalue weighted by atomic mass is 16.6. The number of piperidine rings is 1. The van der Waals surface area contributed by atoms with Crippen LogP contribution < -0.4 is 0 Å². The minimum absolute atomic E-state index is 0.106. The maximum Gasteiger partial charge on any atom is 0.338 e. The Hall–Kier alpha value is -1.67. The summed E-state index contributed by atoms with van der Waals surface area (Å²) in [5, 5.41) is 49.7. The summed E-state index contributed by atoms with van der Waals surface area (Å²) >= 11 is 0. The minimum Gasteiger partial charge on any atom is -0.455 e. The zero-order valence-corrected chi connectivity index (χ0v) is 25.5. The van der Waals surface area contributed by atoms with E-state index in [4.69, 9.17) is 23.7 Å². The van der Waals surface area contributed by atoms with Crippen LogP contribution >= 0.6 is 0 Å². The van der Waals surface area contributed by atoms with Gasteiger partial charge >= 0.3 is 5.97 Å². The number of carbonyl (C=O) groups excluding carboxylic acids is 1. The summed E-state index contributed by atoms with van der Waals surface area (Å²) in [6, 6.07) is 8.25. The Morgan fingerprint density at radius 2 is 1.72 bits per heavy atom. The molecule has 238 valence electrons. The number of fused-ring (bicyclic) bond motifs is 2. The summed E-state index contributed by atoms with van der Waals surface area (Å²) in [4.78, 5) is 15.8. The molecule has 1 saturated heterocycles. The summed E-state index contributed by atoms with van der Waals surface area (Å²) < 4.78 is 30.5. The third kappa shape index (κ3) is 3.28. The van der Waals surface area contributed by atoms with Crippen LogP contribution in [0.2, 0.25) is 0 Å². The zero-order valence-electron chi connectivity index (χ0n) is 25.5. The van der Waals surface area contributed by atoms with Crippen molar-refractivity contribution in [3.63, 3.8) is 0 Å². The van der Waals surface area contributed by atoms with E-state index < -0.39 is 82.4 Å². The second-order valence-electron chi connectivity index (χ2n) is 13.9. The SMILES string of the molecule is CCN1C[C@]2(COC)[C@H](O)C[C@H](OC)[C@]34[C@@H]5C[C@@]6(O)[C@H](OC(=O)c7ccccc7)[C@@H]5[C@@](O)([C@@H]([C@H](OC)[C@H]23)[C@H]14)[C@@H](O)[C@@H]6OC. The van der Waals surface area contributed by atoms with Crippen LogP contribution in [0.5, 0.6) is 0 Å². The molecule has 43 heavy (non-hydrogen) atoms. The summed E-state index contributed by atoms with van der Waals surface area (Å²) in [6.07, 6.45) is -5.27. The molecule has 1 heterocycles. The van der Waals surface area contributed by atoms with E-state index in [2.05, 4.69) is 11.8 Å². The van der Waals surface area contributed by atoms with Crippen LogP contribution in [0.4, 0.5) is 0 Å². The van der Waals surface area contributed by atoms with Crippen molar-refractivity contribution >= 4 is 5.97 Å². The largest absolute Gasteiger partial charge is 0.455 e. The Balaban J connectivity index is 1.48. The average Bonchev–Trinajstić information content (AvgIpc) is 3.39. The van der Waals surface area contributed by atoms with Crippen LogP contribution in [0.1, 0.15) is 30.1 Å². The number of aliphatic hydroxyl groups excluding tert-OH is 2. The van der Waals surface area contributed by atoms with Crippen molar-refractivity contribution in [2.45, 2.75) is 73.6 Å². The average molecular weight is 604 g/mol. The highest BCUT2D eigenvalue weighted by Crippen LogP contribution is 2.80. The number of benzene rings is 1. The third-order valence-corrected chi connectivity index (χ3v) is 12.9. The molecule has 11 heteroatoms. The lowest BCUT2D eigenvalue weighted by molar-refractivity contribution is -0.320. The van der Waals surface area contributed by atoms with E-state index in [1.807, 2.05) is 0 Å². The predicted octanol–water partition coefficient (Wildman–Crippen LogP) is 0.0773. The summed E-state index contributed by atoms with van der Waals surface area (Å²) in [5.41, 5.74) is -4.81. The van der Waals surface area contributed by atoms with E-state index in [0.717, 1.165) is 0 Å². The molecule has 1 spiro atoms. The minimum atomic E-state index is -1.86. The van der Waals surface area contributed by atoms with Crippen LogP contribution in [0.25, 0.3) is 0 Å². The first-order valence-electron chi connectivity index (χ1n) is 15.5. The van der Waals surface area contributed by atoms with Crippen LogP contribution in [-0.2, 0) is 23.7 Å². The highest BCUT2D eigenvalue weighted by molar-refractivity contribution is 5.89. The fraction of sp³-hybridized carbons (Fsp3) is 0.781. The number of methoxy groups -OCH3 is 4. The molecule has 0 aromatic heterocycles. The Kier molecular flexibility index (Phi) is 6.92. The number of hydrogen-bond donors (Lipinski definition) is 4. The van der Waals surface area contributed by atoms with Crippen LogP contribution in [0.3, 0.4) is 0 Å². The van der Waals surface area contributed by atoms with Gasteiger partial charge in [-0.2, -0.15) is 0 Å². The van der Waals surface area contributed by atoms with Crippen molar-refractivity contribution < 1.29 is 48.9 Å². The molecule has 5 saturated carbocycles. The van der Waals surface area contributed by atoms with Gasteiger partial charge in [-0.1, -0.05) is 25.1 Å². The lowest BCUT2D eigenvalue weighted by Gasteiger charge is -2.70. The monoisotopic (exact) mass is 603 g/mol. The van der Waals surface area contributed by atoms with Gasteiger partial charge in [0.05, 0.1) is 30.5 Å². The number of ether oxygens (including phenoxy) is 5. The van der Waals surface area contributed by atoms with Gasteiger partial charge in [0.25, 0.3) is 0 Å². The van der Waals surface area contributed by atoms with Gasteiger partial charge in [0.2, 0.25) is 0 Å². The number of hydrogen-bond acceptors (Lipinski definition) is 11. The topological polar surface area (TPSA) is 147 Å². The normalized spacial score (nSPS) is 52.7. The molecule has 1 aromatic rings. The number of esters is 1. The van der Waals surface area contributed by atoms with Crippen molar-refractivity contribution in [1.29, 1.82) is 0 Å². The summed E-state index contributed by atoms with van der Waals surface area (Å²) in [7, 11) is 6.29. The van der Waals surface area contributed by atoms with E-state index in [1.54, 1.807) is 51.7 Å². The molecule has 6 fully saturated rings. The number of nitrogens with zero attached hydrogens (tertiary/aromatic N) is 1. The molecule has 6 aliphatic rings. The van der Waals surface area contributed by atoms with Crippen molar-refractivity contribution in [1.82, 2.24) is 4.90 Å². The summed E-state index contributed by atoms with van der Waals surface area (Å²) in [6.45, 7) is 3.46. The maximum atomic E-state index is 13.6. The highest BCUT2D eigenvalue weighted by Gasteiger charge is 2.91. The maximum absolute atomic E-state index is 13.6. The molecular formula is C32H45NO10. The van der Waals surface area contributed by atoms with E-state index in [9.17, 15) is 25.2 Å². The Morgan fingerprint density at radius 1 is 1.00 bits per heavy atom. The molecule has 0 unspecified atom stereocenters. The van der Waals surface area contributed by atoms with Gasteiger partial charge in [-0.25, -0.2) is 4.79 Å². The van der Waals surface area contributed by atoms with Crippen LogP contribution in [0, 0.1) is 34.5 Å². The number of rotatable bonds is 8. The number of likely N-dealkylation sites (tertiary alicyclic amines) is 1. The van der Waals surface area contributed by atoms with Crippen molar-refractivity contribution in [3.05, 3.63) is 35.9 Å². The van der Waals surface area contributed by atoms with Crippen LogP contribution in [-0.4, -0.2) is 133 Å². The van der Waals surface area contributed by atoms with E-state index in [1.165, 1.54) is 7.11 Å². The quantitative estimate of drug-likeness (QED) is 0.300. The van der Waals surface area contributed by atoms with Gasteiger partial charge in [0.15, 0.2) is 0 Å². The first kappa shape index (κ1) is 30.0. The van der Waals surface area contributed by atoms with Gasteiger partial charge in [-0.05, 0) is 31.0 Å². The van der Waals surface area contributed by atoms with E-state index >= 15 is 0 Å².